The molecule has 0 bridgehead atoms. The summed E-state index contributed by atoms with van der Waals surface area (Å²) in [5, 5.41) is 4.91. The topological polar surface area (TPSA) is 54.3 Å². The van der Waals surface area contributed by atoms with Crippen molar-refractivity contribution in [2.45, 2.75) is 26.8 Å². The van der Waals surface area contributed by atoms with Crippen LogP contribution in [0.4, 0.5) is 4.79 Å². The number of carbonyl (C=O) groups excluding carboxylic acids is 2. The fourth-order valence-electron chi connectivity index (χ4n) is 3.81. The molecule has 3 amide bonds. The van der Waals surface area contributed by atoms with Gasteiger partial charge in [0.2, 0.25) is 0 Å². The Morgan fingerprint density at radius 3 is 2.60 bits per heavy atom. The molecule has 1 saturated heterocycles. The second kappa shape index (κ2) is 8.17. The van der Waals surface area contributed by atoms with Gasteiger partial charge in [-0.2, -0.15) is 0 Å². The normalized spacial score (nSPS) is 15.5. The summed E-state index contributed by atoms with van der Waals surface area (Å²) in [6.45, 7) is 4.90. The first-order valence-electron chi connectivity index (χ1n) is 9.77. The van der Waals surface area contributed by atoms with E-state index in [1.165, 1.54) is 4.90 Å². The van der Waals surface area contributed by atoms with Crippen molar-refractivity contribution in [2.24, 2.45) is 0 Å². The number of aromatic nitrogens is 1. The number of benzene rings is 2. The molecule has 4 rings (SSSR count). The Morgan fingerprint density at radius 1 is 1.10 bits per heavy atom. The SMILES string of the molecule is CCCN1C(=O)N/C(=C/c2c(C)n(Cc3ccc(Cl)cc3Cl)c3ccccc23)C1=O. The number of halogens is 2. The number of fused-ring (bicyclic) bond motifs is 1. The van der Waals surface area contributed by atoms with E-state index in [0.29, 0.717) is 35.3 Å². The highest BCUT2D eigenvalue weighted by Gasteiger charge is 2.33. The number of nitrogens with one attached hydrogen (secondary N) is 1. The summed E-state index contributed by atoms with van der Waals surface area (Å²) >= 11 is 12.4. The second-order valence-corrected chi connectivity index (χ2v) is 8.13. The lowest BCUT2D eigenvalue weighted by atomic mass is 10.1. The predicted octanol–water partition coefficient (Wildman–Crippen LogP) is 5.61. The third-order valence-electron chi connectivity index (χ3n) is 5.32. The number of hydrogen-bond donors (Lipinski definition) is 1. The van der Waals surface area contributed by atoms with Crippen LogP contribution < -0.4 is 5.32 Å². The largest absolute Gasteiger partial charge is 0.340 e. The number of imide groups is 1. The van der Waals surface area contributed by atoms with Gasteiger partial charge in [-0.25, -0.2) is 4.79 Å². The third-order valence-corrected chi connectivity index (χ3v) is 5.91. The van der Waals surface area contributed by atoms with Gasteiger partial charge in [-0.05, 0) is 43.2 Å². The molecule has 30 heavy (non-hydrogen) atoms. The molecule has 5 nitrogen and oxygen atoms in total. The van der Waals surface area contributed by atoms with Crippen molar-refractivity contribution in [3.8, 4) is 0 Å². The van der Waals surface area contributed by atoms with Crippen LogP contribution in [-0.4, -0.2) is 28.0 Å². The van der Waals surface area contributed by atoms with E-state index in [0.717, 1.165) is 27.7 Å². The number of carbonyl (C=O) groups is 2. The lowest BCUT2D eigenvalue weighted by molar-refractivity contribution is -0.122. The maximum atomic E-state index is 12.7. The first-order chi connectivity index (χ1) is 14.4. The molecule has 0 radical (unpaired) electrons. The third kappa shape index (κ3) is 3.59. The van der Waals surface area contributed by atoms with Crippen molar-refractivity contribution >= 4 is 52.1 Å². The van der Waals surface area contributed by atoms with Gasteiger partial charge < -0.3 is 9.88 Å². The molecule has 7 heteroatoms. The van der Waals surface area contributed by atoms with E-state index in [9.17, 15) is 9.59 Å². The first-order valence-corrected chi connectivity index (χ1v) is 10.5. The number of para-hydroxylation sites is 1. The Labute approximate surface area is 184 Å². The quantitative estimate of drug-likeness (QED) is 0.413. The highest BCUT2D eigenvalue weighted by atomic mass is 35.5. The van der Waals surface area contributed by atoms with Crippen LogP contribution in [0.5, 0.6) is 0 Å². The van der Waals surface area contributed by atoms with Crippen molar-refractivity contribution < 1.29 is 9.59 Å². The summed E-state index contributed by atoms with van der Waals surface area (Å²) in [7, 11) is 0. The van der Waals surface area contributed by atoms with Crippen molar-refractivity contribution in [3.63, 3.8) is 0 Å². The molecular weight excluding hydrogens is 421 g/mol. The van der Waals surface area contributed by atoms with Crippen molar-refractivity contribution in [3.05, 3.63) is 75.0 Å². The lowest BCUT2D eigenvalue weighted by Crippen LogP contribution is -2.31. The maximum Gasteiger partial charge on any atom is 0.329 e. The molecule has 154 valence electrons. The molecule has 0 saturated carbocycles. The Bertz CT molecular complexity index is 1200. The Hall–Kier alpha value is -2.76. The van der Waals surface area contributed by atoms with Gasteiger partial charge >= 0.3 is 6.03 Å². The zero-order chi connectivity index (χ0) is 21.4. The number of rotatable bonds is 5. The van der Waals surface area contributed by atoms with Gasteiger partial charge in [0, 0.05) is 45.3 Å². The number of nitrogens with zero attached hydrogens (tertiary/aromatic N) is 2. The summed E-state index contributed by atoms with van der Waals surface area (Å²) in [5.41, 5.74) is 4.14. The number of hydrogen-bond acceptors (Lipinski definition) is 2. The fraction of sp³-hybridized carbons (Fsp3) is 0.217. The standard InChI is InChI=1S/C23H21Cl2N3O2/c1-3-10-27-22(29)20(26-23(27)30)12-18-14(2)28(21-7-5-4-6-17(18)21)13-15-8-9-16(24)11-19(15)25/h4-9,11-12H,3,10,13H2,1-2H3,(H,26,30)/b20-12+. The van der Waals surface area contributed by atoms with Crippen LogP contribution in [0.15, 0.2) is 48.2 Å². The predicted molar refractivity (Wildman–Crippen MR) is 121 cm³/mol. The molecule has 1 fully saturated rings. The minimum atomic E-state index is -0.373. The van der Waals surface area contributed by atoms with E-state index >= 15 is 0 Å². The molecule has 3 aromatic rings. The van der Waals surface area contributed by atoms with Gasteiger partial charge in [0.25, 0.3) is 5.91 Å². The summed E-state index contributed by atoms with van der Waals surface area (Å²) < 4.78 is 2.15. The van der Waals surface area contributed by atoms with Gasteiger partial charge in [-0.3, -0.25) is 9.69 Å². The lowest BCUT2D eigenvalue weighted by Gasteiger charge is -2.11. The molecule has 0 unspecified atom stereocenters. The first kappa shape index (κ1) is 20.5. The Kier molecular flexibility index (Phi) is 5.58. The van der Waals surface area contributed by atoms with Crippen LogP contribution in [0.3, 0.4) is 0 Å². The van der Waals surface area contributed by atoms with Crippen LogP contribution in [-0.2, 0) is 11.3 Å². The monoisotopic (exact) mass is 441 g/mol. The smallest absolute Gasteiger partial charge is 0.329 e. The van der Waals surface area contributed by atoms with E-state index in [4.69, 9.17) is 23.2 Å². The summed E-state index contributed by atoms with van der Waals surface area (Å²) in [6, 6.07) is 13.1. The van der Waals surface area contributed by atoms with E-state index < -0.39 is 0 Å². The minimum absolute atomic E-state index is 0.293. The van der Waals surface area contributed by atoms with Crippen LogP contribution >= 0.6 is 23.2 Å². The molecule has 1 N–H and O–H groups in total. The molecule has 0 aliphatic carbocycles. The summed E-state index contributed by atoms with van der Waals surface area (Å²) in [6.07, 6.45) is 2.49. The van der Waals surface area contributed by atoms with Crippen LogP contribution in [0.25, 0.3) is 17.0 Å². The van der Waals surface area contributed by atoms with Crippen LogP contribution in [0.1, 0.15) is 30.2 Å². The van der Waals surface area contributed by atoms with E-state index in [1.807, 2.05) is 50.2 Å². The minimum Gasteiger partial charge on any atom is -0.340 e. The number of amides is 3. The molecular formula is C23H21Cl2N3O2. The Balaban J connectivity index is 1.80. The fourth-order valence-corrected chi connectivity index (χ4v) is 4.27. The summed E-state index contributed by atoms with van der Waals surface area (Å²) in [4.78, 5) is 26.1. The van der Waals surface area contributed by atoms with Crippen molar-refractivity contribution in [1.29, 1.82) is 0 Å². The average molecular weight is 442 g/mol. The zero-order valence-corrected chi connectivity index (χ0v) is 18.2. The van der Waals surface area contributed by atoms with Crippen molar-refractivity contribution in [2.75, 3.05) is 6.54 Å². The maximum absolute atomic E-state index is 12.7. The molecule has 0 spiro atoms. The van der Waals surface area contributed by atoms with E-state index in [2.05, 4.69) is 9.88 Å². The average Bonchev–Trinajstić information content (AvgIpc) is 3.13. The van der Waals surface area contributed by atoms with Gasteiger partial charge in [-0.15, -0.1) is 0 Å². The number of urea groups is 1. The van der Waals surface area contributed by atoms with E-state index in [-0.39, 0.29) is 11.9 Å². The Morgan fingerprint density at radius 2 is 1.87 bits per heavy atom. The highest BCUT2D eigenvalue weighted by Crippen LogP contribution is 2.31. The second-order valence-electron chi connectivity index (χ2n) is 7.28. The highest BCUT2D eigenvalue weighted by molar-refractivity contribution is 6.35. The van der Waals surface area contributed by atoms with Crippen LogP contribution in [0.2, 0.25) is 10.0 Å². The molecule has 1 aliphatic heterocycles. The molecule has 2 aromatic carbocycles. The van der Waals surface area contributed by atoms with Gasteiger partial charge in [0.05, 0.1) is 0 Å². The molecule has 2 heterocycles. The zero-order valence-electron chi connectivity index (χ0n) is 16.7. The van der Waals surface area contributed by atoms with Crippen molar-refractivity contribution in [1.82, 2.24) is 14.8 Å². The molecule has 0 atom stereocenters. The van der Waals surface area contributed by atoms with Gasteiger partial charge in [-0.1, -0.05) is 54.4 Å². The molecule has 1 aromatic heterocycles. The van der Waals surface area contributed by atoms with Gasteiger partial charge in [0.1, 0.15) is 5.70 Å². The van der Waals surface area contributed by atoms with Crippen LogP contribution in [0, 0.1) is 6.92 Å². The van der Waals surface area contributed by atoms with E-state index in [1.54, 1.807) is 12.1 Å². The molecule has 1 aliphatic rings. The summed E-state index contributed by atoms with van der Waals surface area (Å²) in [5.74, 6) is -0.293. The van der Waals surface area contributed by atoms with Gasteiger partial charge in [0.15, 0.2) is 0 Å².